The molecular formula is C13H18BrNO2S. The minimum atomic E-state index is -0.0979. The second kappa shape index (κ2) is 6.68. The summed E-state index contributed by atoms with van der Waals surface area (Å²) in [5.74, 6) is -0.0979. The molecule has 1 unspecified atom stereocenters. The van der Waals surface area contributed by atoms with Gasteiger partial charge in [-0.1, -0.05) is 6.42 Å². The molecular weight excluding hydrogens is 314 g/mol. The highest BCUT2D eigenvalue weighted by Gasteiger charge is 2.25. The Hall–Kier alpha value is -0.390. The molecule has 5 heteroatoms. The number of halogens is 1. The smallest absolute Gasteiger partial charge is 0.307 e. The van der Waals surface area contributed by atoms with Gasteiger partial charge in [0.1, 0.15) is 0 Å². The van der Waals surface area contributed by atoms with Crippen molar-refractivity contribution in [1.29, 1.82) is 0 Å². The van der Waals surface area contributed by atoms with Crippen LogP contribution in [0.15, 0.2) is 15.9 Å². The first kappa shape index (κ1) is 14.0. The van der Waals surface area contributed by atoms with Crippen molar-refractivity contribution in [2.75, 3.05) is 13.7 Å². The molecule has 0 aliphatic carbocycles. The van der Waals surface area contributed by atoms with E-state index in [1.165, 1.54) is 24.8 Å². The molecule has 1 atom stereocenters. The zero-order valence-electron chi connectivity index (χ0n) is 10.5. The van der Waals surface area contributed by atoms with E-state index in [1.807, 2.05) is 0 Å². The van der Waals surface area contributed by atoms with Gasteiger partial charge in [0.25, 0.3) is 0 Å². The SMILES string of the molecule is COC(=O)CC1CCCCN1Cc1cc(Br)cs1. The van der Waals surface area contributed by atoms with E-state index in [9.17, 15) is 4.79 Å². The van der Waals surface area contributed by atoms with Gasteiger partial charge in [-0.25, -0.2) is 0 Å². The van der Waals surface area contributed by atoms with Gasteiger partial charge in [0.05, 0.1) is 13.5 Å². The van der Waals surface area contributed by atoms with Gasteiger partial charge in [0.2, 0.25) is 0 Å². The zero-order chi connectivity index (χ0) is 13.0. The summed E-state index contributed by atoms with van der Waals surface area (Å²) >= 11 is 5.25. The summed E-state index contributed by atoms with van der Waals surface area (Å²) in [6.45, 7) is 2.02. The number of carbonyl (C=O) groups excluding carboxylic acids is 1. The predicted molar refractivity (Wildman–Crippen MR) is 76.7 cm³/mol. The molecule has 1 fully saturated rings. The molecule has 0 radical (unpaired) electrons. The molecule has 0 saturated carbocycles. The largest absolute Gasteiger partial charge is 0.469 e. The van der Waals surface area contributed by atoms with Crippen LogP contribution in [0.2, 0.25) is 0 Å². The highest BCUT2D eigenvalue weighted by Crippen LogP contribution is 2.26. The van der Waals surface area contributed by atoms with Crippen LogP contribution < -0.4 is 0 Å². The summed E-state index contributed by atoms with van der Waals surface area (Å²) in [6.07, 6.45) is 4.06. The van der Waals surface area contributed by atoms with E-state index in [1.54, 1.807) is 11.3 Å². The molecule has 0 amide bonds. The van der Waals surface area contributed by atoms with Gasteiger partial charge < -0.3 is 4.74 Å². The maximum Gasteiger partial charge on any atom is 0.307 e. The standard InChI is InChI=1S/C13H18BrNO2S/c1-17-13(16)7-11-4-2-3-5-15(11)8-12-6-10(14)9-18-12/h6,9,11H,2-5,7-8H2,1H3. The van der Waals surface area contributed by atoms with E-state index >= 15 is 0 Å². The van der Waals surface area contributed by atoms with Gasteiger partial charge in [0.15, 0.2) is 0 Å². The van der Waals surface area contributed by atoms with Crippen LogP contribution in [0.5, 0.6) is 0 Å². The molecule has 2 rings (SSSR count). The second-order valence-corrected chi connectivity index (χ2v) is 6.54. The lowest BCUT2D eigenvalue weighted by molar-refractivity contribution is -0.142. The third kappa shape index (κ3) is 3.80. The van der Waals surface area contributed by atoms with Crippen molar-refractivity contribution in [2.45, 2.75) is 38.3 Å². The van der Waals surface area contributed by atoms with Crippen LogP contribution in [-0.2, 0) is 16.1 Å². The Labute approximate surface area is 120 Å². The molecule has 18 heavy (non-hydrogen) atoms. The molecule has 1 aromatic rings. The summed E-state index contributed by atoms with van der Waals surface area (Å²) in [6, 6.07) is 2.50. The average molecular weight is 332 g/mol. The fraction of sp³-hybridized carbons (Fsp3) is 0.615. The van der Waals surface area contributed by atoms with Crippen molar-refractivity contribution in [3.8, 4) is 0 Å². The van der Waals surface area contributed by atoms with Gasteiger partial charge in [-0.15, -0.1) is 11.3 Å². The van der Waals surface area contributed by atoms with Gasteiger partial charge in [-0.3, -0.25) is 9.69 Å². The lowest BCUT2D eigenvalue weighted by Gasteiger charge is -2.34. The summed E-state index contributed by atoms with van der Waals surface area (Å²) in [5, 5.41) is 2.11. The highest BCUT2D eigenvalue weighted by atomic mass is 79.9. The van der Waals surface area contributed by atoms with Crippen LogP contribution in [0.1, 0.15) is 30.6 Å². The lowest BCUT2D eigenvalue weighted by atomic mass is 9.99. The van der Waals surface area contributed by atoms with Crippen LogP contribution in [-0.4, -0.2) is 30.6 Å². The Bertz CT molecular complexity index is 407. The third-order valence-electron chi connectivity index (χ3n) is 3.36. The number of hydrogen-bond acceptors (Lipinski definition) is 4. The fourth-order valence-electron chi connectivity index (χ4n) is 2.41. The normalized spacial score (nSPS) is 20.9. The molecule has 0 N–H and O–H groups in total. The molecule has 1 saturated heterocycles. The van der Waals surface area contributed by atoms with Crippen molar-refractivity contribution in [2.24, 2.45) is 0 Å². The van der Waals surface area contributed by atoms with Gasteiger partial charge >= 0.3 is 5.97 Å². The van der Waals surface area contributed by atoms with Crippen molar-refractivity contribution in [1.82, 2.24) is 4.90 Å². The molecule has 0 bridgehead atoms. The highest BCUT2D eigenvalue weighted by molar-refractivity contribution is 9.10. The van der Waals surface area contributed by atoms with Gasteiger partial charge in [0, 0.05) is 27.3 Å². The molecule has 2 heterocycles. The summed E-state index contributed by atoms with van der Waals surface area (Å²) in [5.41, 5.74) is 0. The van der Waals surface area contributed by atoms with E-state index in [4.69, 9.17) is 4.74 Å². The number of nitrogens with zero attached hydrogens (tertiary/aromatic N) is 1. The van der Waals surface area contributed by atoms with Crippen LogP contribution in [0.4, 0.5) is 0 Å². The maximum absolute atomic E-state index is 11.4. The summed E-state index contributed by atoms with van der Waals surface area (Å²) in [7, 11) is 1.46. The van der Waals surface area contributed by atoms with Crippen molar-refractivity contribution in [3.63, 3.8) is 0 Å². The Morgan fingerprint density at radius 3 is 3.11 bits per heavy atom. The number of ether oxygens (including phenoxy) is 1. The van der Waals surface area contributed by atoms with E-state index in [0.29, 0.717) is 12.5 Å². The number of methoxy groups -OCH3 is 1. The number of rotatable bonds is 4. The van der Waals surface area contributed by atoms with Crippen molar-refractivity contribution >= 4 is 33.2 Å². The molecule has 0 spiro atoms. The first-order valence-corrected chi connectivity index (χ1v) is 7.90. The summed E-state index contributed by atoms with van der Waals surface area (Å²) < 4.78 is 5.93. The van der Waals surface area contributed by atoms with E-state index < -0.39 is 0 Å². The molecule has 1 aliphatic heterocycles. The average Bonchev–Trinajstić information content (AvgIpc) is 2.77. The Balaban J connectivity index is 1.96. The number of piperidine rings is 1. The van der Waals surface area contributed by atoms with Crippen LogP contribution in [0.3, 0.4) is 0 Å². The van der Waals surface area contributed by atoms with Gasteiger partial charge in [-0.05, 0) is 41.4 Å². The second-order valence-electron chi connectivity index (χ2n) is 4.63. The van der Waals surface area contributed by atoms with Crippen LogP contribution >= 0.6 is 27.3 Å². The Morgan fingerprint density at radius 2 is 2.44 bits per heavy atom. The van der Waals surface area contributed by atoms with Crippen molar-refractivity contribution in [3.05, 3.63) is 20.8 Å². The summed E-state index contributed by atoms with van der Waals surface area (Å²) in [4.78, 5) is 15.2. The van der Waals surface area contributed by atoms with E-state index in [-0.39, 0.29) is 5.97 Å². The monoisotopic (exact) mass is 331 g/mol. The first-order valence-electron chi connectivity index (χ1n) is 6.23. The number of thiophene rings is 1. The molecule has 100 valence electrons. The quantitative estimate of drug-likeness (QED) is 0.791. The predicted octanol–water partition coefficient (Wildman–Crippen LogP) is 3.43. The fourth-order valence-corrected chi connectivity index (χ4v) is 3.89. The third-order valence-corrected chi connectivity index (χ3v) is 5.04. The zero-order valence-corrected chi connectivity index (χ0v) is 12.9. The number of carbonyl (C=O) groups is 1. The maximum atomic E-state index is 11.4. The number of likely N-dealkylation sites (tertiary alicyclic amines) is 1. The molecule has 1 aliphatic rings. The van der Waals surface area contributed by atoms with Crippen LogP contribution in [0.25, 0.3) is 0 Å². The Kier molecular flexibility index (Phi) is 5.21. The minimum absolute atomic E-state index is 0.0979. The number of hydrogen-bond donors (Lipinski definition) is 0. The van der Waals surface area contributed by atoms with E-state index in [0.717, 1.165) is 24.0 Å². The van der Waals surface area contributed by atoms with Gasteiger partial charge in [-0.2, -0.15) is 0 Å². The Morgan fingerprint density at radius 1 is 1.61 bits per heavy atom. The lowest BCUT2D eigenvalue weighted by Crippen LogP contribution is -2.40. The van der Waals surface area contributed by atoms with Crippen molar-refractivity contribution < 1.29 is 9.53 Å². The van der Waals surface area contributed by atoms with E-state index in [2.05, 4.69) is 32.3 Å². The first-order chi connectivity index (χ1) is 8.69. The minimum Gasteiger partial charge on any atom is -0.469 e. The molecule has 1 aromatic heterocycles. The molecule has 0 aromatic carbocycles. The van der Waals surface area contributed by atoms with Crippen LogP contribution in [0, 0.1) is 0 Å². The molecule has 3 nitrogen and oxygen atoms in total. The number of esters is 1. The topological polar surface area (TPSA) is 29.5 Å².